The van der Waals surface area contributed by atoms with E-state index in [-0.39, 0.29) is 5.82 Å². The summed E-state index contributed by atoms with van der Waals surface area (Å²) in [5.74, 6) is 0.838. The van der Waals surface area contributed by atoms with E-state index in [1.165, 1.54) is 12.5 Å². The first-order valence-corrected chi connectivity index (χ1v) is 7.76. The highest BCUT2D eigenvalue weighted by Gasteiger charge is 2.22. The van der Waals surface area contributed by atoms with Crippen molar-refractivity contribution < 1.29 is 4.39 Å². The van der Waals surface area contributed by atoms with Crippen molar-refractivity contribution in [3.05, 3.63) is 22.6 Å². The molecule has 1 unspecified atom stereocenters. The number of piperidine rings is 1. The summed E-state index contributed by atoms with van der Waals surface area (Å²) in [6.45, 7) is 6.03. The molecule has 1 fully saturated rings. The molecule has 5 heteroatoms. The zero-order chi connectivity index (χ0) is 13.7. The van der Waals surface area contributed by atoms with Gasteiger partial charge in [-0.05, 0) is 60.3 Å². The summed E-state index contributed by atoms with van der Waals surface area (Å²) in [6, 6.07) is 1.49. The van der Waals surface area contributed by atoms with E-state index >= 15 is 0 Å². The molecule has 1 aliphatic rings. The van der Waals surface area contributed by atoms with Crippen LogP contribution in [0.3, 0.4) is 0 Å². The third kappa shape index (κ3) is 4.14. The minimum absolute atomic E-state index is 0.239. The summed E-state index contributed by atoms with van der Waals surface area (Å²) in [4.78, 5) is 6.29. The number of anilines is 1. The lowest BCUT2D eigenvalue weighted by Gasteiger charge is -2.33. The smallest absolute Gasteiger partial charge is 0.166 e. The van der Waals surface area contributed by atoms with E-state index in [4.69, 9.17) is 0 Å². The van der Waals surface area contributed by atoms with Crippen molar-refractivity contribution in [2.75, 3.05) is 31.1 Å². The van der Waals surface area contributed by atoms with Crippen molar-refractivity contribution in [2.45, 2.75) is 26.2 Å². The van der Waals surface area contributed by atoms with E-state index in [9.17, 15) is 4.39 Å². The Kier molecular flexibility index (Phi) is 5.58. The van der Waals surface area contributed by atoms with Crippen molar-refractivity contribution in [2.24, 2.45) is 5.92 Å². The van der Waals surface area contributed by atoms with Gasteiger partial charge >= 0.3 is 0 Å². The van der Waals surface area contributed by atoms with E-state index in [0.717, 1.165) is 39.0 Å². The van der Waals surface area contributed by atoms with Crippen LogP contribution in [0, 0.1) is 11.7 Å². The van der Waals surface area contributed by atoms with Gasteiger partial charge in [0.1, 0.15) is 0 Å². The molecule has 0 aromatic carbocycles. The maximum absolute atomic E-state index is 13.9. The Morgan fingerprint density at radius 2 is 2.42 bits per heavy atom. The molecule has 0 bridgehead atoms. The molecule has 106 valence electrons. The maximum Gasteiger partial charge on any atom is 0.166 e. The van der Waals surface area contributed by atoms with Gasteiger partial charge in [0.25, 0.3) is 0 Å². The van der Waals surface area contributed by atoms with Crippen molar-refractivity contribution in [3.63, 3.8) is 0 Å². The molecule has 1 atom stereocenters. The number of nitrogens with zero attached hydrogens (tertiary/aromatic N) is 2. The summed E-state index contributed by atoms with van der Waals surface area (Å²) in [5, 5.41) is 3.45. The molecular weight excluding hydrogens is 309 g/mol. The second-order valence-electron chi connectivity index (χ2n) is 5.12. The van der Waals surface area contributed by atoms with Crippen LogP contribution in [0.1, 0.15) is 26.2 Å². The first-order chi connectivity index (χ1) is 9.20. The molecule has 2 rings (SSSR count). The highest BCUT2D eigenvalue weighted by molar-refractivity contribution is 9.10. The average molecular weight is 330 g/mol. The predicted octanol–water partition coefficient (Wildman–Crippen LogP) is 3.20. The number of rotatable bonds is 5. The summed E-state index contributed by atoms with van der Waals surface area (Å²) in [6.07, 6.45) is 5.14. The summed E-state index contributed by atoms with van der Waals surface area (Å²) < 4.78 is 14.6. The van der Waals surface area contributed by atoms with E-state index < -0.39 is 0 Å². The summed E-state index contributed by atoms with van der Waals surface area (Å²) in [5.41, 5.74) is 0. The molecule has 0 amide bonds. The Bertz CT molecular complexity index is 414. The predicted molar refractivity (Wildman–Crippen MR) is 80.0 cm³/mol. The molecular formula is C14H21BrFN3. The molecule has 1 aromatic heterocycles. The lowest BCUT2D eigenvalue weighted by molar-refractivity contribution is 0.388. The monoisotopic (exact) mass is 329 g/mol. The Hall–Kier alpha value is -0.680. The van der Waals surface area contributed by atoms with Crippen molar-refractivity contribution >= 4 is 21.7 Å². The number of hydrogen-bond donors (Lipinski definition) is 1. The molecule has 19 heavy (non-hydrogen) atoms. The second-order valence-corrected chi connectivity index (χ2v) is 6.03. The maximum atomic E-state index is 13.9. The molecule has 3 nitrogen and oxygen atoms in total. The van der Waals surface area contributed by atoms with Crippen LogP contribution in [0.25, 0.3) is 0 Å². The molecule has 0 spiro atoms. The van der Waals surface area contributed by atoms with Crippen LogP contribution in [0.2, 0.25) is 0 Å². The van der Waals surface area contributed by atoms with Gasteiger partial charge in [0, 0.05) is 23.8 Å². The molecule has 1 saturated heterocycles. The van der Waals surface area contributed by atoms with Crippen LogP contribution in [0.5, 0.6) is 0 Å². The average Bonchev–Trinajstić information content (AvgIpc) is 2.39. The number of aromatic nitrogens is 1. The zero-order valence-electron chi connectivity index (χ0n) is 11.3. The number of hydrogen-bond acceptors (Lipinski definition) is 3. The van der Waals surface area contributed by atoms with Gasteiger partial charge < -0.3 is 10.2 Å². The van der Waals surface area contributed by atoms with E-state index in [2.05, 4.69) is 38.1 Å². The van der Waals surface area contributed by atoms with Crippen molar-refractivity contribution in [1.82, 2.24) is 10.3 Å². The fourth-order valence-corrected chi connectivity index (χ4v) is 2.85. The normalized spacial score (nSPS) is 19.7. The van der Waals surface area contributed by atoms with Gasteiger partial charge in [0.05, 0.1) is 0 Å². The van der Waals surface area contributed by atoms with Crippen LogP contribution in [-0.2, 0) is 0 Å². The molecule has 1 aromatic rings. The van der Waals surface area contributed by atoms with Gasteiger partial charge in [0.2, 0.25) is 0 Å². The fourth-order valence-electron chi connectivity index (χ4n) is 2.55. The number of halogens is 2. The van der Waals surface area contributed by atoms with Crippen LogP contribution >= 0.6 is 15.9 Å². The van der Waals surface area contributed by atoms with Gasteiger partial charge in [-0.15, -0.1) is 0 Å². The lowest BCUT2D eigenvalue weighted by atomic mass is 9.98. The third-order valence-corrected chi connectivity index (χ3v) is 3.90. The summed E-state index contributed by atoms with van der Waals surface area (Å²) >= 11 is 3.24. The first kappa shape index (κ1) is 14.7. The zero-order valence-corrected chi connectivity index (χ0v) is 12.9. The molecule has 0 aliphatic carbocycles. The summed E-state index contributed by atoms with van der Waals surface area (Å²) in [7, 11) is 0. The molecule has 0 saturated carbocycles. The Balaban J connectivity index is 1.96. The number of nitrogens with one attached hydrogen (secondary N) is 1. The largest absolute Gasteiger partial charge is 0.354 e. The van der Waals surface area contributed by atoms with Gasteiger partial charge in [-0.1, -0.05) is 6.92 Å². The van der Waals surface area contributed by atoms with E-state index in [1.807, 2.05) is 0 Å². The highest BCUT2D eigenvalue weighted by Crippen LogP contribution is 2.25. The van der Waals surface area contributed by atoms with Crippen LogP contribution in [-0.4, -0.2) is 31.2 Å². The number of pyridine rings is 1. The van der Waals surface area contributed by atoms with E-state index in [0.29, 0.717) is 16.2 Å². The van der Waals surface area contributed by atoms with Crippen LogP contribution in [0.4, 0.5) is 10.2 Å². The first-order valence-electron chi connectivity index (χ1n) is 6.97. The van der Waals surface area contributed by atoms with Crippen molar-refractivity contribution in [1.29, 1.82) is 0 Å². The Morgan fingerprint density at radius 1 is 1.58 bits per heavy atom. The van der Waals surface area contributed by atoms with Gasteiger partial charge in [-0.3, -0.25) is 0 Å². The van der Waals surface area contributed by atoms with Gasteiger partial charge in [-0.2, -0.15) is 0 Å². The minimum Gasteiger partial charge on any atom is -0.354 e. The Labute approximate surface area is 122 Å². The molecule has 2 heterocycles. The second kappa shape index (κ2) is 7.20. The standard InChI is InChI=1S/C14H21BrFN3/c1-2-5-17-8-11-4-3-6-19(10-11)14-13(16)7-12(15)9-18-14/h7,9,11,17H,2-6,8,10H2,1H3. The van der Waals surface area contributed by atoms with Crippen LogP contribution < -0.4 is 10.2 Å². The Morgan fingerprint density at radius 3 is 3.16 bits per heavy atom. The van der Waals surface area contributed by atoms with Crippen molar-refractivity contribution in [3.8, 4) is 0 Å². The molecule has 1 N–H and O–H groups in total. The molecule has 0 radical (unpaired) electrons. The minimum atomic E-state index is -0.239. The molecule has 1 aliphatic heterocycles. The quantitative estimate of drug-likeness (QED) is 0.841. The van der Waals surface area contributed by atoms with Crippen LogP contribution in [0.15, 0.2) is 16.7 Å². The fraction of sp³-hybridized carbons (Fsp3) is 0.643. The topological polar surface area (TPSA) is 28.2 Å². The third-order valence-electron chi connectivity index (χ3n) is 3.47. The highest BCUT2D eigenvalue weighted by atomic mass is 79.9. The SMILES string of the molecule is CCCNCC1CCCN(c2ncc(Br)cc2F)C1. The van der Waals surface area contributed by atoms with E-state index in [1.54, 1.807) is 6.20 Å². The van der Waals surface area contributed by atoms with Gasteiger partial charge in [-0.25, -0.2) is 9.37 Å². The van der Waals surface area contributed by atoms with Gasteiger partial charge in [0.15, 0.2) is 11.6 Å². The lowest BCUT2D eigenvalue weighted by Crippen LogP contribution is -2.40.